The number of benzene rings is 1. The zero-order valence-corrected chi connectivity index (χ0v) is 6.22. The number of ether oxygens (including phenoxy) is 1. The third-order valence-electron chi connectivity index (χ3n) is 1.34. The average molecular weight is 177 g/mol. The summed E-state index contributed by atoms with van der Waals surface area (Å²) in [6.45, 7) is 0. The van der Waals surface area contributed by atoms with Gasteiger partial charge in [-0.05, 0) is 17.5 Å². The number of hydrogen-bond donors (Lipinski definition) is 0. The predicted molar refractivity (Wildman–Crippen MR) is 37.6 cm³/mol. The van der Waals surface area contributed by atoms with E-state index < -0.39 is 16.8 Å². The van der Waals surface area contributed by atoms with E-state index in [1.807, 2.05) is 0 Å². The van der Waals surface area contributed by atoms with Crippen LogP contribution in [0.4, 0.5) is 19.0 Å². The minimum Gasteiger partial charge on any atom is -0.494 e. The number of hydrogen-bond acceptors (Lipinski definition) is 2. The van der Waals surface area contributed by atoms with Crippen LogP contribution in [0.3, 0.4) is 0 Å². The smallest absolute Gasteiger partial charge is 0.182 e. The predicted octanol–water partition coefficient (Wildman–Crippen LogP) is 2.41. The number of rotatable bonds is 2. The van der Waals surface area contributed by atoms with Gasteiger partial charge in [0.05, 0.1) is 7.11 Å². The summed E-state index contributed by atoms with van der Waals surface area (Å²) in [4.78, 5) is 0. The Bertz CT molecular complexity index is 277. The van der Waals surface area contributed by atoms with Gasteiger partial charge in [-0.3, -0.25) is 0 Å². The number of para-hydroxylation sites is 1. The Balaban J connectivity index is 3.20. The Morgan fingerprint density at radius 3 is 2.42 bits per heavy atom. The van der Waals surface area contributed by atoms with E-state index in [1.54, 1.807) is 0 Å². The van der Waals surface area contributed by atoms with Crippen LogP contribution in [0, 0.1) is 5.82 Å². The maximum absolute atomic E-state index is 12.7. The molecule has 0 aliphatic rings. The van der Waals surface area contributed by atoms with E-state index in [2.05, 4.69) is 4.74 Å². The third kappa shape index (κ3) is 1.44. The van der Waals surface area contributed by atoms with Crippen LogP contribution in [-0.4, -0.2) is 7.11 Å². The molecule has 2 nitrogen and oxygen atoms in total. The number of halogens is 3. The topological polar surface area (TPSA) is 12.5 Å². The Labute approximate surface area is 67.0 Å². The molecule has 0 spiro atoms. The lowest BCUT2D eigenvalue weighted by molar-refractivity contribution is 0.226. The van der Waals surface area contributed by atoms with Gasteiger partial charge in [0.1, 0.15) is 0 Å². The molecule has 0 amide bonds. The van der Waals surface area contributed by atoms with E-state index in [0.717, 1.165) is 6.07 Å². The monoisotopic (exact) mass is 177 g/mol. The van der Waals surface area contributed by atoms with Crippen LogP contribution in [0.25, 0.3) is 0 Å². The quantitative estimate of drug-likeness (QED) is 0.643. The Hall–Kier alpha value is -1.39. The Morgan fingerprint density at radius 1 is 1.33 bits per heavy atom. The highest BCUT2D eigenvalue weighted by molar-refractivity contribution is 5.56. The van der Waals surface area contributed by atoms with Crippen molar-refractivity contribution in [1.29, 1.82) is 0 Å². The third-order valence-corrected chi connectivity index (χ3v) is 1.34. The van der Waals surface area contributed by atoms with Crippen LogP contribution < -0.4 is 10.1 Å². The van der Waals surface area contributed by atoms with Crippen LogP contribution in [0.5, 0.6) is 5.75 Å². The van der Waals surface area contributed by atoms with E-state index in [4.69, 9.17) is 0 Å². The molecule has 5 heteroatoms. The van der Waals surface area contributed by atoms with Crippen LogP contribution in [0.1, 0.15) is 0 Å². The Kier molecular flexibility index (Phi) is 2.42. The molecule has 0 N–H and O–H groups in total. The number of anilines is 1. The normalized spacial score (nSPS) is 9.67. The molecule has 0 heterocycles. The molecule has 0 aliphatic heterocycles. The maximum Gasteiger partial charge on any atom is 0.182 e. The van der Waals surface area contributed by atoms with Crippen molar-refractivity contribution >= 4 is 5.69 Å². The summed E-state index contributed by atoms with van der Waals surface area (Å²) < 4.78 is 41.2. The van der Waals surface area contributed by atoms with Gasteiger partial charge in [-0.15, -0.1) is 0 Å². The van der Waals surface area contributed by atoms with Crippen molar-refractivity contribution in [2.45, 2.75) is 0 Å². The summed E-state index contributed by atoms with van der Waals surface area (Å²) in [5, 5.41) is -1.31. The summed E-state index contributed by atoms with van der Waals surface area (Å²) in [6.07, 6.45) is 0. The largest absolute Gasteiger partial charge is 0.494 e. The van der Waals surface area contributed by atoms with Crippen LogP contribution in [-0.2, 0) is 0 Å². The van der Waals surface area contributed by atoms with E-state index in [-0.39, 0.29) is 5.75 Å². The molecule has 0 atom stereocenters. The zero-order chi connectivity index (χ0) is 9.14. The lowest BCUT2D eigenvalue weighted by atomic mass is 10.3. The number of nitrogens with zero attached hydrogens (tertiary/aromatic N) is 1. The van der Waals surface area contributed by atoms with Crippen molar-refractivity contribution in [3.63, 3.8) is 0 Å². The van der Waals surface area contributed by atoms with E-state index >= 15 is 0 Å². The molecule has 0 radical (unpaired) electrons. The molecule has 0 fully saturated rings. The highest BCUT2D eigenvalue weighted by Crippen LogP contribution is 2.31. The van der Waals surface area contributed by atoms with Crippen LogP contribution in [0.2, 0.25) is 0 Å². The molecular formula is C7H6F3NO. The summed E-state index contributed by atoms with van der Waals surface area (Å²) in [6, 6.07) is 3.48. The summed E-state index contributed by atoms with van der Waals surface area (Å²) in [7, 11) is 1.20. The lowest BCUT2D eigenvalue weighted by Gasteiger charge is -2.08. The molecule has 66 valence electrons. The van der Waals surface area contributed by atoms with E-state index in [9.17, 15) is 13.4 Å². The molecular weight excluding hydrogens is 171 g/mol. The minimum atomic E-state index is -1.31. The van der Waals surface area contributed by atoms with E-state index in [1.165, 1.54) is 19.2 Å². The summed E-state index contributed by atoms with van der Waals surface area (Å²) in [5.41, 5.74) is -0.847. The van der Waals surface area contributed by atoms with Gasteiger partial charge in [-0.1, -0.05) is 15.0 Å². The highest BCUT2D eigenvalue weighted by atomic mass is 19.4. The molecule has 0 unspecified atom stereocenters. The van der Waals surface area contributed by atoms with Gasteiger partial charge in [0.15, 0.2) is 17.3 Å². The van der Waals surface area contributed by atoms with Crippen LogP contribution in [0.15, 0.2) is 18.2 Å². The fourth-order valence-corrected chi connectivity index (χ4v) is 0.824. The van der Waals surface area contributed by atoms with Gasteiger partial charge in [-0.25, -0.2) is 4.39 Å². The average Bonchev–Trinajstić information content (AvgIpc) is 2.03. The van der Waals surface area contributed by atoms with Crippen molar-refractivity contribution < 1.29 is 18.1 Å². The fourth-order valence-electron chi connectivity index (χ4n) is 0.824. The summed E-state index contributed by atoms with van der Waals surface area (Å²) in [5.74, 6) is -1.21. The fraction of sp³-hybridized carbons (Fsp3) is 0.143. The van der Waals surface area contributed by atoms with Gasteiger partial charge >= 0.3 is 0 Å². The van der Waals surface area contributed by atoms with E-state index in [0.29, 0.717) is 0 Å². The van der Waals surface area contributed by atoms with Crippen molar-refractivity contribution in [2.75, 3.05) is 12.5 Å². The second-order valence-electron chi connectivity index (χ2n) is 2.02. The molecule has 0 saturated heterocycles. The van der Waals surface area contributed by atoms with Gasteiger partial charge in [0.2, 0.25) is 0 Å². The summed E-state index contributed by atoms with van der Waals surface area (Å²) >= 11 is 0. The first-order valence-electron chi connectivity index (χ1n) is 3.11. The molecule has 0 bridgehead atoms. The highest BCUT2D eigenvalue weighted by Gasteiger charge is 2.16. The maximum atomic E-state index is 12.7. The Morgan fingerprint density at radius 2 is 2.00 bits per heavy atom. The molecule has 0 saturated carbocycles. The second kappa shape index (κ2) is 3.34. The van der Waals surface area contributed by atoms with Gasteiger partial charge in [-0.2, -0.15) is 0 Å². The van der Waals surface area contributed by atoms with Crippen molar-refractivity contribution in [3.05, 3.63) is 24.0 Å². The first-order chi connectivity index (χ1) is 5.66. The molecule has 0 aliphatic carbocycles. The molecule has 1 rings (SSSR count). The zero-order valence-electron chi connectivity index (χ0n) is 6.22. The number of methoxy groups -OCH3 is 1. The molecule has 12 heavy (non-hydrogen) atoms. The molecule has 1 aromatic carbocycles. The van der Waals surface area contributed by atoms with Crippen molar-refractivity contribution in [1.82, 2.24) is 0 Å². The van der Waals surface area contributed by atoms with Crippen LogP contribution >= 0.6 is 0 Å². The standard InChI is InChI=1S/C7H6F3NO/c1-12-6-4-2-3-5(8)7(6)11(9)10/h2-4H,1H3. The molecule has 1 aromatic rings. The van der Waals surface area contributed by atoms with Crippen molar-refractivity contribution in [3.8, 4) is 5.75 Å². The van der Waals surface area contributed by atoms with Gasteiger partial charge < -0.3 is 4.74 Å². The SMILES string of the molecule is COc1cccc(F)c1N(F)F. The van der Waals surface area contributed by atoms with Gasteiger partial charge in [0.25, 0.3) is 0 Å². The second-order valence-corrected chi connectivity index (χ2v) is 2.02. The first kappa shape index (κ1) is 8.70. The minimum absolute atomic E-state index is 0.194. The van der Waals surface area contributed by atoms with Gasteiger partial charge in [0, 0.05) is 0 Å². The van der Waals surface area contributed by atoms with Crippen molar-refractivity contribution in [2.24, 2.45) is 0 Å². The first-order valence-corrected chi connectivity index (χ1v) is 3.11. The lowest BCUT2D eigenvalue weighted by Crippen LogP contribution is -2.01. The molecule has 0 aromatic heterocycles.